The first-order valence-corrected chi connectivity index (χ1v) is 3.07. The van der Waals surface area contributed by atoms with E-state index in [0.717, 1.165) is 0 Å². The van der Waals surface area contributed by atoms with E-state index in [0.29, 0.717) is 6.29 Å². The van der Waals surface area contributed by atoms with Gasteiger partial charge >= 0.3 is 0 Å². The van der Waals surface area contributed by atoms with Crippen LogP contribution in [0.3, 0.4) is 0 Å². The maximum atomic E-state index is 10.9. The second-order valence-corrected chi connectivity index (χ2v) is 1.89. The molecule has 11 heavy (non-hydrogen) atoms. The summed E-state index contributed by atoms with van der Waals surface area (Å²) >= 11 is 0. The minimum atomic E-state index is -0.276. The summed E-state index contributed by atoms with van der Waals surface area (Å²) in [4.78, 5) is 28.2. The lowest BCUT2D eigenvalue weighted by Gasteiger charge is -1.91. The molecule has 4 heteroatoms. The van der Waals surface area contributed by atoms with E-state index in [1.54, 1.807) is 0 Å². The van der Waals surface area contributed by atoms with Crippen LogP contribution in [-0.2, 0) is 4.79 Å². The fourth-order valence-electron chi connectivity index (χ4n) is 0.636. The van der Waals surface area contributed by atoms with Gasteiger partial charge in [0.25, 0.3) is 0 Å². The van der Waals surface area contributed by atoms with Gasteiger partial charge in [0.2, 0.25) is 0 Å². The van der Waals surface area contributed by atoms with Crippen molar-refractivity contribution < 1.29 is 9.59 Å². The molecule has 0 spiro atoms. The van der Waals surface area contributed by atoms with Crippen molar-refractivity contribution in [2.45, 2.75) is 6.42 Å². The molecule has 1 aromatic heterocycles. The molecule has 0 atom stereocenters. The Hall–Kier alpha value is -1.58. The minimum Gasteiger partial charge on any atom is -0.303 e. The van der Waals surface area contributed by atoms with Gasteiger partial charge in [-0.1, -0.05) is 0 Å². The summed E-state index contributed by atoms with van der Waals surface area (Å²) in [7, 11) is 0. The predicted molar refractivity (Wildman–Crippen MR) is 37.0 cm³/mol. The van der Waals surface area contributed by atoms with E-state index < -0.39 is 0 Å². The van der Waals surface area contributed by atoms with Crippen LogP contribution in [0.25, 0.3) is 0 Å². The Balaban J connectivity index is 2.77. The fourth-order valence-corrected chi connectivity index (χ4v) is 0.636. The minimum absolute atomic E-state index is 0.114. The van der Waals surface area contributed by atoms with Gasteiger partial charge in [-0.3, -0.25) is 4.79 Å². The van der Waals surface area contributed by atoms with E-state index in [9.17, 15) is 9.59 Å². The van der Waals surface area contributed by atoms with Crippen molar-refractivity contribution in [3.05, 3.63) is 24.3 Å². The van der Waals surface area contributed by atoms with E-state index in [2.05, 4.69) is 9.97 Å². The van der Waals surface area contributed by atoms with Gasteiger partial charge in [-0.05, 0) is 6.07 Å². The maximum absolute atomic E-state index is 10.9. The highest BCUT2D eigenvalue weighted by atomic mass is 16.1. The molecule has 0 saturated heterocycles. The van der Waals surface area contributed by atoms with Crippen LogP contribution >= 0.6 is 0 Å². The van der Waals surface area contributed by atoms with Crippen molar-refractivity contribution in [3.8, 4) is 0 Å². The molecule has 1 heterocycles. The summed E-state index contributed by atoms with van der Waals surface area (Å²) in [6.07, 6.45) is 3.19. The van der Waals surface area contributed by atoms with E-state index in [4.69, 9.17) is 0 Å². The Morgan fingerprint density at radius 1 is 1.64 bits per heavy atom. The second-order valence-electron chi connectivity index (χ2n) is 1.89. The number of Topliss-reactive ketones (excluding diaryl/α,β-unsaturated/α-hetero) is 1. The average Bonchev–Trinajstić information content (AvgIpc) is 2.07. The third-order valence-electron chi connectivity index (χ3n) is 1.14. The van der Waals surface area contributed by atoms with E-state index in [1.165, 1.54) is 18.6 Å². The van der Waals surface area contributed by atoms with Gasteiger partial charge in [-0.25, -0.2) is 9.97 Å². The number of carbonyl (C=O) groups excluding carboxylic acids is 2. The number of hydrogen-bond donors (Lipinski definition) is 0. The van der Waals surface area contributed by atoms with Gasteiger partial charge < -0.3 is 4.79 Å². The lowest BCUT2D eigenvalue weighted by Crippen LogP contribution is -2.01. The molecule has 0 amide bonds. The number of rotatable bonds is 3. The van der Waals surface area contributed by atoms with Crippen molar-refractivity contribution in [2.24, 2.45) is 0 Å². The number of nitrogens with zero attached hydrogens (tertiary/aromatic N) is 2. The van der Waals surface area contributed by atoms with E-state index in [1.807, 2.05) is 0 Å². The molecule has 0 aliphatic carbocycles. The van der Waals surface area contributed by atoms with Crippen molar-refractivity contribution >= 4 is 12.1 Å². The van der Waals surface area contributed by atoms with Crippen LogP contribution in [0.4, 0.5) is 0 Å². The van der Waals surface area contributed by atoms with E-state index >= 15 is 0 Å². The standard InChI is InChI=1S/C7H6N2O2/c10-4-2-7(11)6-1-3-8-5-9-6/h1,3-5H,2H2. The first kappa shape index (κ1) is 7.53. The first-order valence-electron chi connectivity index (χ1n) is 3.07. The van der Waals surface area contributed by atoms with Gasteiger partial charge in [0, 0.05) is 6.20 Å². The molecule has 0 unspecified atom stereocenters. The van der Waals surface area contributed by atoms with Crippen LogP contribution < -0.4 is 0 Å². The summed E-state index contributed by atoms with van der Waals surface area (Å²) in [5.41, 5.74) is 0.284. The maximum Gasteiger partial charge on any atom is 0.188 e. The highest BCUT2D eigenvalue weighted by Gasteiger charge is 2.03. The SMILES string of the molecule is O=CCC(=O)c1ccncn1. The number of aldehydes is 1. The van der Waals surface area contributed by atoms with E-state index in [-0.39, 0.29) is 17.9 Å². The predicted octanol–water partition coefficient (Wildman–Crippen LogP) is 0.248. The Bertz CT molecular complexity index is 258. The molecule has 1 aromatic rings. The highest BCUT2D eigenvalue weighted by Crippen LogP contribution is 1.94. The number of aromatic nitrogens is 2. The Kier molecular flexibility index (Phi) is 2.43. The summed E-state index contributed by atoms with van der Waals surface area (Å²) in [5, 5.41) is 0. The molecule has 4 nitrogen and oxygen atoms in total. The highest BCUT2D eigenvalue weighted by molar-refractivity contribution is 6.01. The van der Waals surface area contributed by atoms with Crippen molar-refractivity contribution in [3.63, 3.8) is 0 Å². The van der Waals surface area contributed by atoms with Gasteiger partial charge in [0.1, 0.15) is 18.3 Å². The summed E-state index contributed by atoms with van der Waals surface area (Å²) in [6.45, 7) is 0. The van der Waals surface area contributed by atoms with Crippen LogP contribution in [0, 0.1) is 0 Å². The molecule has 56 valence electrons. The van der Waals surface area contributed by atoms with Crippen molar-refractivity contribution in [2.75, 3.05) is 0 Å². The summed E-state index contributed by atoms with van der Waals surface area (Å²) in [5.74, 6) is -0.276. The fraction of sp³-hybridized carbons (Fsp3) is 0.143. The van der Waals surface area contributed by atoms with Crippen LogP contribution in [0.2, 0.25) is 0 Å². The van der Waals surface area contributed by atoms with Crippen LogP contribution in [0.1, 0.15) is 16.9 Å². The lowest BCUT2D eigenvalue weighted by atomic mass is 10.2. The molecular weight excluding hydrogens is 144 g/mol. The summed E-state index contributed by atoms with van der Waals surface area (Å²) in [6, 6.07) is 1.48. The molecule has 0 N–H and O–H groups in total. The molecule has 0 aliphatic heterocycles. The first-order chi connectivity index (χ1) is 5.34. The molecule has 0 radical (unpaired) electrons. The van der Waals surface area contributed by atoms with Crippen LogP contribution in [0.5, 0.6) is 0 Å². The van der Waals surface area contributed by atoms with Crippen molar-refractivity contribution in [1.82, 2.24) is 9.97 Å². The number of carbonyl (C=O) groups is 2. The third kappa shape index (κ3) is 1.93. The normalized spacial score (nSPS) is 9.09. The topological polar surface area (TPSA) is 59.9 Å². The lowest BCUT2D eigenvalue weighted by molar-refractivity contribution is -0.107. The zero-order valence-electron chi connectivity index (χ0n) is 5.73. The Morgan fingerprint density at radius 3 is 3.00 bits per heavy atom. The Labute approximate surface area is 63.3 Å². The molecule has 0 bridgehead atoms. The zero-order chi connectivity index (χ0) is 8.10. The summed E-state index contributed by atoms with van der Waals surface area (Å²) < 4.78 is 0. The average molecular weight is 150 g/mol. The molecule has 0 aromatic carbocycles. The quantitative estimate of drug-likeness (QED) is 0.352. The number of ketones is 1. The van der Waals surface area contributed by atoms with Gasteiger partial charge in [0.15, 0.2) is 5.78 Å². The molecule has 0 saturated carbocycles. The molecule has 0 fully saturated rings. The molecule has 0 aliphatic rings. The van der Waals surface area contributed by atoms with Gasteiger partial charge in [-0.15, -0.1) is 0 Å². The number of hydrogen-bond acceptors (Lipinski definition) is 4. The van der Waals surface area contributed by atoms with Crippen molar-refractivity contribution in [1.29, 1.82) is 0 Å². The van der Waals surface area contributed by atoms with Crippen LogP contribution in [-0.4, -0.2) is 22.0 Å². The second kappa shape index (κ2) is 3.55. The molecule has 1 rings (SSSR count). The largest absolute Gasteiger partial charge is 0.303 e. The monoisotopic (exact) mass is 150 g/mol. The zero-order valence-corrected chi connectivity index (χ0v) is 5.73. The van der Waals surface area contributed by atoms with Gasteiger partial charge in [0.05, 0.1) is 6.42 Å². The third-order valence-corrected chi connectivity index (χ3v) is 1.14. The Morgan fingerprint density at radius 2 is 2.45 bits per heavy atom. The van der Waals surface area contributed by atoms with Gasteiger partial charge in [-0.2, -0.15) is 0 Å². The van der Waals surface area contributed by atoms with Crippen LogP contribution in [0.15, 0.2) is 18.6 Å². The molecular formula is C7H6N2O2. The smallest absolute Gasteiger partial charge is 0.188 e.